The van der Waals surface area contributed by atoms with Crippen LogP contribution in [0.4, 0.5) is 0 Å². The van der Waals surface area contributed by atoms with Crippen LogP contribution >= 0.6 is 0 Å². The first-order valence-electron chi connectivity index (χ1n) is 8.70. The first-order chi connectivity index (χ1) is 11.2. The van der Waals surface area contributed by atoms with Gasteiger partial charge in [-0.3, -0.25) is 4.79 Å². The van der Waals surface area contributed by atoms with Gasteiger partial charge in [-0.05, 0) is 38.5 Å². The normalized spacial score (nSPS) is 13.8. The molecule has 0 saturated heterocycles. The molecule has 1 atom stereocenters. The van der Waals surface area contributed by atoms with Gasteiger partial charge in [0.15, 0.2) is 0 Å². The van der Waals surface area contributed by atoms with E-state index in [1.54, 1.807) is 6.08 Å². The number of unbranched alkanes of at least 4 members (excludes halogenated alkanes) is 4. The van der Waals surface area contributed by atoms with Crippen LogP contribution in [0.1, 0.15) is 64.7 Å². The summed E-state index contributed by atoms with van der Waals surface area (Å²) in [6, 6.07) is 0. The van der Waals surface area contributed by atoms with Gasteiger partial charge in [-0.1, -0.05) is 68.4 Å². The highest BCUT2D eigenvalue weighted by Gasteiger charge is 1.95. The van der Waals surface area contributed by atoms with Gasteiger partial charge in [-0.25, -0.2) is 0 Å². The third-order valence-electron chi connectivity index (χ3n) is 3.30. The minimum absolute atomic E-state index is 0.199. The van der Waals surface area contributed by atoms with Gasteiger partial charge in [0.2, 0.25) is 0 Å². The summed E-state index contributed by atoms with van der Waals surface area (Å²) in [6.07, 6.45) is 23.5. The Kier molecular flexibility index (Phi) is 15.6. The van der Waals surface area contributed by atoms with E-state index < -0.39 is 12.1 Å². The van der Waals surface area contributed by atoms with Crippen molar-refractivity contribution in [3.63, 3.8) is 0 Å². The quantitative estimate of drug-likeness (QED) is 0.263. The Hall–Kier alpha value is -1.61. The molecule has 0 aliphatic rings. The molecular weight excluding hydrogens is 288 g/mol. The summed E-state index contributed by atoms with van der Waals surface area (Å²) < 4.78 is 0. The molecule has 0 fully saturated rings. The van der Waals surface area contributed by atoms with E-state index in [-0.39, 0.29) is 6.42 Å². The Labute approximate surface area is 141 Å². The van der Waals surface area contributed by atoms with Gasteiger partial charge < -0.3 is 10.2 Å². The van der Waals surface area contributed by atoms with Crippen molar-refractivity contribution in [1.29, 1.82) is 0 Å². The zero-order valence-electron chi connectivity index (χ0n) is 14.4. The maximum Gasteiger partial charge on any atom is 0.303 e. The van der Waals surface area contributed by atoms with Crippen molar-refractivity contribution in [2.75, 3.05) is 0 Å². The lowest BCUT2D eigenvalue weighted by Crippen LogP contribution is -1.98. The third-order valence-corrected chi connectivity index (χ3v) is 3.30. The third kappa shape index (κ3) is 18.3. The van der Waals surface area contributed by atoms with E-state index >= 15 is 0 Å². The molecule has 0 rings (SSSR count). The van der Waals surface area contributed by atoms with Gasteiger partial charge in [0.05, 0.1) is 6.10 Å². The van der Waals surface area contributed by atoms with Crippen molar-refractivity contribution in [2.45, 2.75) is 70.8 Å². The lowest BCUT2D eigenvalue weighted by atomic mass is 10.2. The summed E-state index contributed by atoms with van der Waals surface area (Å²) in [5.74, 6) is -0.760. The van der Waals surface area contributed by atoms with E-state index in [4.69, 9.17) is 5.11 Å². The number of rotatable bonds is 14. The van der Waals surface area contributed by atoms with Crippen LogP contribution in [0.15, 0.2) is 48.6 Å². The van der Waals surface area contributed by atoms with Crippen LogP contribution < -0.4 is 0 Å². The van der Waals surface area contributed by atoms with Crippen LogP contribution in [0, 0.1) is 0 Å². The summed E-state index contributed by atoms with van der Waals surface area (Å²) in [6.45, 7) is 2.21. The topological polar surface area (TPSA) is 57.5 Å². The maximum atomic E-state index is 10.3. The average molecular weight is 320 g/mol. The summed E-state index contributed by atoms with van der Waals surface area (Å²) in [5, 5.41) is 18.2. The van der Waals surface area contributed by atoms with Gasteiger partial charge >= 0.3 is 5.97 Å². The molecule has 0 heterocycles. The van der Waals surface area contributed by atoms with Gasteiger partial charge in [-0.2, -0.15) is 0 Å². The minimum atomic E-state index is -0.760. The van der Waals surface area contributed by atoms with Gasteiger partial charge in [-0.15, -0.1) is 0 Å². The molecule has 0 radical (unpaired) electrons. The molecule has 0 bridgehead atoms. The SMILES string of the molecule is CCCCC/C=C\C/C=C\C=C/[C@H](O)C/C=C/CCCC(=O)O. The van der Waals surface area contributed by atoms with E-state index in [9.17, 15) is 9.90 Å². The van der Waals surface area contributed by atoms with Crippen LogP contribution in [-0.2, 0) is 4.79 Å². The molecule has 0 aliphatic heterocycles. The molecule has 0 spiro atoms. The fraction of sp³-hybridized carbons (Fsp3) is 0.550. The molecule has 130 valence electrons. The highest BCUT2D eigenvalue weighted by atomic mass is 16.4. The smallest absolute Gasteiger partial charge is 0.303 e. The number of carboxylic acid groups (broad SMARTS) is 1. The second-order valence-corrected chi connectivity index (χ2v) is 5.58. The molecule has 0 unspecified atom stereocenters. The second-order valence-electron chi connectivity index (χ2n) is 5.58. The van der Waals surface area contributed by atoms with Gasteiger partial charge in [0, 0.05) is 6.42 Å². The molecular formula is C20H32O3. The molecule has 0 aromatic heterocycles. The van der Waals surface area contributed by atoms with Crippen molar-refractivity contribution in [3.05, 3.63) is 48.6 Å². The van der Waals surface area contributed by atoms with E-state index in [0.29, 0.717) is 12.8 Å². The number of hydrogen-bond donors (Lipinski definition) is 2. The molecule has 2 N–H and O–H groups in total. The second kappa shape index (κ2) is 16.8. The zero-order valence-corrected chi connectivity index (χ0v) is 14.4. The monoisotopic (exact) mass is 320 g/mol. The lowest BCUT2D eigenvalue weighted by Gasteiger charge is -1.99. The molecule has 3 nitrogen and oxygen atoms in total. The van der Waals surface area contributed by atoms with E-state index in [1.165, 1.54) is 19.3 Å². The molecule has 0 saturated carbocycles. The molecule has 0 aromatic rings. The van der Waals surface area contributed by atoms with Crippen LogP contribution in [0.2, 0.25) is 0 Å². The van der Waals surface area contributed by atoms with E-state index in [2.05, 4.69) is 25.2 Å². The Morgan fingerprint density at radius 2 is 1.70 bits per heavy atom. The first kappa shape index (κ1) is 21.4. The number of hydrogen-bond acceptors (Lipinski definition) is 2. The summed E-state index contributed by atoms with van der Waals surface area (Å²) in [5.41, 5.74) is 0. The standard InChI is InChI=1S/C20H32O3/c1-2-3-4-5-6-7-8-9-10-13-16-19(21)17-14-11-12-15-18-20(22)23/h6-7,9-11,13-14,16,19,21H,2-5,8,12,15,17-18H2,1H3,(H,22,23)/b7-6-,10-9-,14-11+,16-13-/t19-/m0/s1. The molecule has 23 heavy (non-hydrogen) atoms. The van der Waals surface area contributed by atoms with Gasteiger partial charge in [0.1, 0.15) is 0 Å². The Morgan fingerprint density at radius 1 is 0.957 bits per heavy atom. The van der Waals surface area contributed by atoms with Crippen molar-refractivity contribution in [2.24, 2.45) is 0 Å². The zero-order chi connectivity index (χ0) is 17.2. The molecule has 0 aliphatic carbocycles. The van der Waals surface area contributed by atoms with Crippen molar-refractivity contribution >= 4 is 5.97 Å². The molecule has 0 amide bonds. The average Bonchev–Trinajstić information content (AvgIpc) is 2.52. The van der Waals surface area contributed by atoms with E-state index in [1.807, 2.05) is 24.3 Å². The maximum absolute atomic E-state index is 10.3. The number of carbonyl (C=O) groups is 1. The van der Waals surface area contributed by atoms with Crippen LogP contribution in [0.3, 0.4) is 0 Å². The number of aliphatic hydroxyl groups excluding tert-OH is 1. The van der Waals surface area contributed by atoms with Crippen LogP contribution in [0.5, 0.6) is 0 Å². The Morgan fingerprint density at radius 3 is 2.43 bits per heavy atom. The fourth-order valence-corrected chi connectivity index (χ4v) is 1.96. The van der Waals surface area contributed by atoms with Crippen molar-refractivity contribution in [3.8, 4) is 0 Å². The predicted molar refractivity (Wildman–Crippen MR) is 97.4 cm³/mol. The minimum Gasteiger partial charge on any atom is -0.481 e. The molecule has 0 aromatic carbocycles. The number of carboxylic acids is 1. The lowest BCUT2D eigenvalue weighted by molar-refractivity contribution is -0.137. The van der Waals surface area contributed by atoms with E-state index in [0.717, 1.165) is 19.3 Å². The molecule has 3 heteroatoms. The Balaban J connectivity index is 3.63. The van der Waals surface area contributed by atoms with Crippen LogP contribution in [-0.4, -0.2) is 22.3 Å². The fourth-order valence-electron chi connectivity index (χ4n) is 1.96. The largest absolute Gasteiger partial charge is 0.481 e. The number of aliphatic carboxylic acids is 1. The summed E-state index contributed by atoms with van der Waals surface area (Å²) in [7, 11) is 0. The van der Waals surface area contributed by atoms with Crippen LogP contribution in [0.25, 0.3) is 0 Å². The summed E-state index contributed by atoms with van der Waals surface area (Å²) >= 11 is 0. The van der Waals surface area contributed by atoms with Crippen molar-refractivity contribution < 1.29 is 15.0 Å². The highest BCUT2D eigenvalue weighted by Crippen LogP contribution is 2.02. The number of allylic oxidation sites excluding steroid dienone is 6. The van der Waals surface area contributed by atoms with Gasteiger partial charge in [0.25, 0.3) is 0 Å². The summed E-state index contributed by atoms with van der Waals surface area (Å²) in [4.78, 5) is 10.3. The predicted octanol–water partition coefficient (Wildman–Crippen LogP) is 5.19. The number of aliphatic hydroxyl groups is 1. The highest BCUT2D eigenvalue weighted by molar-refractivity contribution is 5.66. The Bertz CT molecular complexity index is 392. The van der Waals surface area contributed by atoms with Crippen molar-refractivity contribution in [1.82, 2.24) is 0 Å². The first-order valence-corrected chi connectivity index (χ1v) is 8.70.